The van der Waals surface area contributed by atoms with E-state index in [0.29, 0.717) is 10.9 Å². The summed E-state index contributed by atoms with van der Waals surface area (Å²) >= 11 is 6.35. The number of carbonyl (C=O) groups excluding carboxylic acids is 1. The fourth-order valence-electron chi connectivity index (χ4n) is 1.04. The van der Waals surface area contributed by atoms with Crippen molar-refractivity contribution in [1.82, 2.24) is 14.9 Å². The first kappa shape index (κ1) is 17.3. The lowest BCUT2D eigenvalue weighted by Gasteiger charge is -2.16. The molecule has 1 aromatic heterocycles. The molecule has 1 amide bonds. The van der Waals surface area contributed by atoms with Crippen LogP contribution < -0.4 is 4.74 Å². The van der Waals surface area contributed by atoms with Gasteiger partial charge in [0.15, 0.2) is 5.16 Å². The van der Waals surface area contributed by atoms with Gasteiger partial charge in [0, 0.05) is 51.5 Å². The molecule has 0 aliphatic heterocycles. The number of carbonyl (C=O) groups is 1. The molecule has 0 unspecified atom stereocenters. The topological polar surface area (TPSA) is 73.8 Å². The molecule has 0 bridgehead atoms. The Morgan fingerprint density at radius 3 is 2.45 bits per heavy atom. The van der Waals surface area contributed by atoms with Crippen LogP contribution in [-0.4, -0.2) is 49.3 Å². The van der Waals surface area contributed by atoms with Gasteiger partial charge in [0.1, 0.15) is 0 Å². The van der Waals surface area contributed by atoms with E-state index in [2.05, 4.69) is 9.97 Å². The molecule has 1 rings (SSSR count). The highest BCUT2D eigenvalue weighted by atomic mass is 32.9. The highest BCUT2D eigenvalue weighted by Crippen LogP contribution is 2.62. The minimum absolute atomic E-state index is 0.160. The average Bonchev–Trinajstić information content (AvgIpc) is 2.37. The van der Waals surface area contributed by atoms with E-state index in [4.69, 9.17) is 25.6 Å². The van der Waals surface area contributed by atoms with Crippen LogP contribution in [0.5, 0.6) is 5.88 Å². The quantitative estimate of drug-likeness (QED) is 0.599. The van der Waals surface area contributed by atoms with E-state index in [0.717, 1.165) is 11.4 Å². The van der Waals surface area contributed by atoms with Gasteiger partial charge in [0.2, 0.25) is 5.88 Å². The van der Waals surface area contributed by atoms with Crippen LogP contribution in [0.2, 0.25) is 0 Å². The van der Waals surface area contributed by atoms with Gasteiger partial charge in [-0.05, 0) is 18.7 Å². The Bertz CT molecular complexity index is 533. The molecule has 0 spiro atoms. The molecule has 0 N–H and O–H groups in total. The summed E-state index contributed by atoms with van der Waals surface area (Å²) in [7, 11) is 6.11. The lowest BCUT2D eigenvalue weighted by atomic mass is 10.4. The third-order valence-corrected chi connectivity index (χ3v) is 7.09. The van der Waals surface area contributed by atoms with Crippen molar-refractivity contribution < 1.29 is 18.6 Å². The van der Waals surface area contributed by atoms with E-state index in [1.165, 1.54) is 19.1 Å². The second-order valence-corrected chi connectivity index (χ2v) is 10.1. The Labute approximate surface area is 126 Å². The summed E-state index contributed by atoms with van der Waals surface area (Å²) < 4.78 is 15.4. The van der Waals surface area contributed by atoms with Crippen molar-refractivity contribution in [3.8, 4) is 5.88 Å². The molecular formula is C10H16N3O4PS2. The van der Waals surface area contributed by atoms with Crippen LogP contribution in [0.15, 0.2) is 11.2 Å². The molecule has 0 saturated heterocycles. The lowest BCUT2D eigenvalue weighted by molar-refractivity contribution is 0.169. The molecule has 7 nitrogen and oxygen atoms in total. The predicted octanol–water partition coefficient (Wildman–Crippen LogP) is 2.45. The molecule has 1 heterocycles. The largest absolute Gasteiger partial charge is 0.416 e. The third-order valence-electron chi connectivity index (χ3n) is 2.01. The van der Waals surface area contributed by atoms with Crippen molar-refractivity contribution in [2.24, 2.45) is 0 Å². The molecule has 112 valence electrons. The first-order valence-corrected chi connectivity index (χ1v) is 9.51. The van der Waals surface area contributed by atoms with Crippen molar-refractivity contribution in [3.63, 3.8) is 0 Å². The molecular weight excluding hydrogens is 321 g/mol. The van der Waals surface area contributed by atoms with Gasteiger partial charge in [-0.1, -0.05) is 0 Å². The van der Waals surface area contributed by atoms with Crippen LogP contribution in [0.3, 0.4) is 0 Å². The zero-order valence-corrected chi connectivity index (χ0v) is 14.3. The first-order valence-electron chi connectivity index (χ1n) is 5.45. The Balaban J connectivity index is 2.97. The highest BCUT2D eigenvalue weighted by Gasteiger charge is 2.21. The minimum Gasteiger partial charge on any atom is -0.391 e. The maximum atomic E-state index is 11.5. The summed E-state index contributed by atoms with van der Waals surface area (Å²) in [5, 5.41) is 0.346. The number of ether oxygens (including phenoxy) is 1. The summed E-state index contributed by atoms with van der Waals surface area (Å²) in [5.41, 5.74) is -1.87. The average molecular weight is 337 g/mol. The third kappa shape index (κ3) is 4.99. The van der Waals surface area contributed by atoms with Crippen LogP contribution in [0.4, 0.5) is 4.79 Å². The van der Waals surface area contributed by atoms with E-state index in [1.807, 2.05) is 0 Å². The first-order chi connectivity index (χ1) is 9.29. The van der Waals surface area contributed by atoms with Crippen molar-refractivity contribution in [3.05, 3.63) is 11.8 Å². The van der Waals surface area contributed by atoms with Gasteiger partial charge >= 0.3 is 6.09 Å². The normalized spacial score (nSPS) is 11.2. The highest BCUT2D eigenvalue weighted by molar-refractivity contribution is 8.67. The van der Waals surface area contributed by atoms with E-state index >= 15 is 0 Å². The molecule has 10 heteroatoms. The zero-order chi connectivity index (χ0) is 15.3. The second kappa shape index (κ2) is 7.33. The van der Waals surface area contributed by atoms with Crippen LogP contribution in [0.25, 0.3) is 0 Å². The van der Waals surface area contributed by atoms with Gasteiger partial charge in [-0.25, -0.2) is 9.78 Å². The minimum atomic E-state index is -2.52. The molecule has 0 aliphatic rings. The molecule has 0 saturated carbocycles. The van der Waals surface area contributed by atoms with Gasteiger partial charge in [-0.2, -0.15) is 4.98 Å². The molecule has 0 radical (unpaired) electrons. The summed E-state index contributed by atoms with van der Waals surface area (Å²) in [6, 6.07) is 1.56. The summed E-state index contributed by atoms with van der Waals surface area (Å²) in [6.45, 7) is 1.77. The molecule has 0 atom stereocenters. The molecule has 0 aromatic carbocycles. The van der Waals surface area contributed by atoms with Gasteiger partial charge in [-0.15, -0.1) is 0 Å². The smallest absolute Gasteiger partial charge is 0.391 e. The second-order valence-electron chi connectivity index (χ2n) is 3.80. The number of aromatic nitrogens is 2. The number of amides is 1. The van der Waals surface area contributed by atoms with Crippen molar-refractivity contribution in [2.75, 3.05) is 28.3 Å². The van der Waals surface area contributed by atoms with Gasteiger partial charge in [0.05, 0.1) is 0 Å². The number of nitrogens with zero attached hydrogens (tertiary/aromatic N) is 3. The maximum absolute atomic E-state index is 11.5. The molecule has 0 fully saturated rings. The van der Waals surface area contributed by atoms with Gasteiger partial charge in [-0.3, -0.25) is 0 Å². The van der Waals surface area contributed by atoms with Gasteiger partial charge in [0.25, 0.3) is 5.69 Å². The maximum Gasteiger partial charge on any atom is 0.416 e. The van der Waals surface area contributed by atoms with Crippen LogP contribution in [0, 0.1) is 6.92 Å². The zero-order valence-electron chi connectivity index (χ0n) is 11.8. The summed E-state index contributed by atoms with van der Waals surface area (Å²) in [5.74, 6) is 0.160. The number of rotatable bonds is 5. The van der Waals surface area contributed by atoms with Crippen molar-refractivity contribution >= 4 is 35.0 Å². The van der Waals surface area contributed by atoms with E-state index < -0.39 is 11.8 Å². The predicted molar refractivity (Wildman–Crippen MR) is 80.6 cm³/mol. The van der Waals surface area contributed by atoms with E-state index in [9.17, 15) is 4.79 Å². The Morgan fingerprint density at radius 1 is 1.35 bits per heavy atom. The number of hydrogen-bond acceptors (Lipinski definition) is 8. The fraction of sp³-hybridized carbons (Fsp3) is 0.500. The Kier molecular flexibility index (Phi) is 6.35. The number of hydrogen-bond donors (Lipinski definition) is 0. The standard InChI is InChI=1S/C10H16N3O4PS2/c1-7-6-8(17-10(14)13(2)3)12-9(11-7)20-18(19,15-4)16-5/h6H,1-5H3. The molecule has 20 heavy (non-hydrogen) atoms. The van der Waals surface area contributed by atoms with Crippen molar-refractivity contribution in [2.45, 2.75) is 12.1 Å². The Hall–Kier alpha value is -0.730. The van der Waals surface area contributed by atoms with Crippen molar-refractivity contribution in [1.29, 1.82) is 0 Å². The van der Waals surface area contributed by atoms with E-state index in [1.54, 1.807) is 27.1 Å². The SMILES string of the molecule is COP(=S)(OC)Sc1nc(C)cc(OC(=O)N(C)C)n1. The molecule has 0 aliphatic carbocycles. The fourth-order valence-corrected chi connectivity index (χ4v) is 3.74. The van der Waals surface area contributed by atoms with Gasteiger partial charge < -0.3 is 18.7 Å². The number of aryl methyl sites for hydroxylation is 1. The summed E-state index contributed by atoms with van der Waals surface area (Å²) in [6.07, 6.45) is -0.517. The van der Waals surface area contributed by atoms with E-state index in [-0.39, 0.29) is 5.88 Å². The van der Waals surface area contributed by atoms with Crippen LogP contribution in [-0.2, 0) is 20.9 Å². The Morgan fingerprint density at radius 2 is 1.95 bits per heavy atom. The summed E-state index contributed by atoms with van der Waals surface area (Å²) in [4.78, 5) is 21.1. The lowest BCUT2D eigenvalue weighted by Crippen LogP contribution is -2.25. The monoisotopic (exact) mass is 337 g/mol. The van der Waals surface area contributed by atoms with Crippen LogP contribution in [0.1, 0.15) is 5.69 Å². The molecule has 1 aromatic rings. The van der Waals surface area contributed by atoms with Crippen LogP contribution >= 0.6 is 17.1 Å².